The summed E-state index contributed by atoms with van der Waals surface area (Å²) in [5.41, 5.74) is 1.74. The molecule has 8 nitrogen and oxygen atoms in total. The number of carbonyl (C=O) groups excluding carboxylic acids is 3. The maximum Gasteiger partial charge on any atom is 0.408 e. The van der Waals surface area contributed by atoms with Crippen LogP contribution < -0.4 is 10.6 Å². The van der Waals surface area contributed by atoms with Crippen molar-refractivity contribution in [3.05, 3.63) is 71.3 Å². The van der Waals surface area contributed by atoms with E-state index < -0.39 is 36.3 Å². The van der Waals surface area contributed by atoms with Crippen LogP contribution in [0.15, 0.2) is 54.6 Å². The van der Waals surface area contributed by atoms with Gasteiger partial charge >= 0.3 is 6.09 Å². The van der Waals surface area contributed by atoms with Crippen LogP contribution in [0.25, 0.3) is 0 Å². The summed E-state index contributed by atoms with van der Waals surface area (Å²) in [6.45, 7) is 10.4. The molecule has 0 fully saturated rings. The molecule has 0 spiro atoms. The number of rotatable bonds is 10. The molecule has 8 heteroatoms. The van der Waals surface area contributed by atoms with Crippen LogP contribution in [0.5, 0.6) is 0 Å². The quantitative estimate of drug-likeness (QED) is 0.462. The lowest BCUT2D eigenvalue weighted by atomic mass is 9.98. The monoisotopic (exact) mass is 497 g/mol. The van der Waals surface area contributed by atoms with Crippen LogP contribution in [0.2, 0.25) is 0 Å². The Morgan fingerprint density at radius 1 is 1.06 bits per heavy atom. The summed E-state index contributed by atoms with van der Waals surface area (Å²) in [6, 6.07) is 14.3. The van der Waals surface area contributed by atoms with Crippen LogP contribution >= 0.6 is 0 Å². The van der Waals surface area contributed by atoms with Gasteiger partial charge in [-0.3, -0.25) is 9.59 Å². The largest absolute Gasteiger partial charge is 0.444 e. The van der Waals surface area contributed by atoms with Gasteiger partial charge in [0, 0.05) is 12.6 Å². The van der Waals surface area contributed by atoms with Gasteiger partial charge in [0.05, 0.1) is 6.61 Å². The molecular weight excluding hydrogens is 458 g/mol. The van der Waals surface area contributed by atoms with E-state index in [1.54, 1.807) is 26.8 Å². The third kappa shape index (κ3) is 8.37. The van der Waals surface area contributed by atoms with Crippen molar-refractivity contribution in [2.24, 2.45) is 0 Å². The van der Waals surface area contributed by atoms with Crippen molar-refractivity contribution >= 4 is 17.9 Å². The highest BCUT2D eigenvalue weighted by atomic mass is 16.6. The minimum absolute atomic E-state index is 0.296. The predicted molar refractivity (Wildman–Crippen MR) is 139 cm³/mol. The van der Waals surface area contributed by atoms with Gasteiger partial charge in [-0.15, -0.1) is 0 Å². The van der Waals surface area contributed by atoms with E-state index in [0.29, 0.717) is 18.5 Å². The Labute approximate surface area is 214 Å². The van der Waals surface area contributed by atoms with E-state index in [1.165, 1.54) is 4.90 Å². The lowest BCUT2D eigenvalue weighted by Crippen LogP contribution is -2.56. The Hall–Kier alpha value is -3.39. The van der Waals surface area contributed by atoms with Gasteiger partial charge in [-0.25, -0.2) is 4.79 Å². The summed E-state index contributed by atoms with van der Waals surface area (Å²) in [7, 11) is 0. The second kappa shape index (κ2) is 13.1. The molecule has 3 N–H and O–H groups in total. The van der Waals surface area contributed by atoms with Crippen LogP contribution in [0.3, 0.4) is 0 Å². The molecule has 0 saturated carbocycles. The van der Waals surface area contributed by atoms with Crippen LogP contribution in [0.1, 0.15) is 63.8 Å². The Morgan fingerprint density at radius 2 is 1.72 bits per heavy atom. The minimum Gasteiger partial charge on any atom is -0.444 e. The van der Waals surface area contributed by atoms with E-state index >= 15 is 0 Å². The normalized spacial score (nSPS) is 13.8. The molecule has 0 aliphatic heterocycles. The summed E-state index contributed by atoms with van der Waals surface area (Å²) < 4.78 is 5.27. The molecule has 2 aromatic rings. The van der Waals surface area contributed by atoms with Gasteiger partial charge in [-0.2, -0.15) is 0 Å². The molecule has 0 heterocycles. The highest BCUT2D eigenvalue weighted by molar-refractivity contribution is 5.92. The number of aliphatic hydroxyl groups is 1. The summed E-state index contributed by atoms with van der Waals surface area (Å²) in [5, 5.41) is 15.4. The third-order valence-electron chi connectivity index (χ3n) is 5.69. The molecule has 0 aliphatic carbocycles. The van der Waals surface area contributed by atoms with E-state index in [1.807, 2.05) is 69.3 Å². The molecule has 3 amide bonds. The number of alkyl carbamates (subject to hydrolysis) is 1. The molecule has 0 bridgehead atoms. The molecule has 3 unspecified atom stereocenters. The van der Waals surface area contributed by atoms with Gasteiger partial charge in [0.1, 0.15) is 17.7 Å². The molecule has 0 aliphatic rings. The Kier molecular flexibility index (Phi) is 10.5. The van der Waals surface area contributed by atoms with Gasteiger partial charge in [-0.1, -0.05) is 67.1 Å². The van der Waals surface area contributed by atoms with Crippen LogP contribution in [-0.2, 0) is 20.9 Å². The number of hydrogen-bond acceptors (Lipinski definition) is 5. The maximum absolute atomic E-state index is 13.8. The van der Waals surface area contributed by atoms with Crippen molar-refractivity contribution in [3.8, 4) is 0 Å². The number of ether oxygens (including phenoxy) is 1. The minimum atomic E-state index is -1.27. The first-order valence-electron chi connectivity index (χ1n) is 12.3. The van der Waals surface area contributed by atoms with Crippen molar-refractivity contribution in [1.29, 1.82) is 0 Å². The number of amides is 3. The summed E-state index contributed by atoms with van der Waals surface area (Å²) >= 11 is 0. The van der Waals surface area contributed by atoms with E-state index in [0.717, 1.165) is 11.1 Å². The Morgan fingerprint density at radius 3 is 2.28 bits per heavy atom. The second-order valence-electron chi connectivity index (χ2n) is 9.90. The summed E-state index contributed by atoms with van der Waals surface area (Å²) in [6.07, 6.45) is -0.260. The number of aliphatic hydroxyl groups excluding tert-OH is 1. The highest BCUT2D eigenvalue weighted by Crippen LogP contribution is 2.27. The average molecular weight is 498 g/mol. The van der Waals surface area contributed by atoms with Gasteiger partial charge in [0.2, 0.25) is 11.8 Å². The zero-order valence-electron chi connectivity index (χ0n) is 22.1. The number of carbonyl (C=O) groups is 3. The highest BCUT2D eigenvalue weighted by Gasteiger charge is 2.38. The smallest absolute Gasteiger partial charge is 0.408 e. The van der Waals surface area contributed by atoms with Gasteiger partial charge in [0.25, 0.3) is 0 Å². The molecule has 0 radical (unpaired) electrons. The lowest BCUT2D eigenvalue weighted by Gasteiger charge is -2.38. The first-order valence-corrected chi connectivity index (χ1v) is 12.3. The fourth-order valence-electron chi connectivity index (χ4n) is 3.77. The third-order valence-corrected chi connectivity index (χ3v) is 5.69. The standard InChI is InChI=1S/C28H39N3O5/c1-7-20(3)31(26(34)23(18-32)30-27(35)36-28(4,5)6)24(22-15-11-12-19(2)16-22)25(33)29-17-21-13-9-8-10-14-21/h8-16,20,23-24,32H,7,17-18H2,1-6H3,(H,29,33)(H,30,35). The summed E-state index contributed by atoms with van der Waals surface area (Å²) in [4.78, 5) is 41.2. The number of benzene rings is 2. The summed E-state index contributed by atoms with van der Waals surface area (Å²) in [5.74, 6) is -0.925. The Balaban J connectivity index is 2.42. The van der Waals surface area contributed by atoms with Gasteiger partial charge in [-0.05, 0) is 52.2 Å². The van der Waals surface area contributed by atoms with Crippen LogP contribution in [0.4, 0.5) is 4.79 Å². The van der Waals surface area contributed by atoms with Crippen LogP contribution in [0, 0.1) is 6.92 Å². The molecule has 2 aromatic carbocycles. The molecule has 36 heavy (non-hydrogen) atoms. The topological polar surface area (TPSA) is 108 Å². The van der Waals surface area contributed by atoms with Crippen molar-refractivity contribution in [1.82, 2.24) is 15.5 Å². The fourth-order valence-corrected chi connectivity index (χ4v) is 3.77. The molecule has 0 aromatic heterocycles. The first-order chi connectivity index (χ1) is 17.0. The molecule has 196 valence electrons. The van der Waals surface area contributed by atoms with Crippen LogP contribution in [-0.4, -0.2) is 52.2 Å². The van der Waals surface area contributed by atoms with E-state index in [2.05, 4.69) is 10.6 Å². The van der Waals surface area contributed by atoms with E-state index in [4.69, 9.17) is 4.74 Å². The molecule has 2 rings (SSSR count). The van der Waals surface area contributed by atoms with Crippen molar-refractivity contribution in [2.75, 3.05) is 6.61 Å². The van der Waals surface area contributed by atoms with E-state index in [-0.39, 0.29) is 11.9 Å². The van der Waals surface area contributed by atoms with E-state index in [9.17, 15) is 19.5 Å². The van der Waals surface area contributed by atoms with Crippen molar-refractivity contribution in [2.45, 2.75) is 78.2 Å². The number of hydrogen-bond donors (Lipinski definition) is 3. The maximum atomic E-state index is 13.8. The number of nitrogens with one attached hydrogen (secondary N) is 2. The molecule has 0 saturated heterocycles. The number of aryl methyl sites for hydroxylation is 1. The van der Waals surface area contributed by atoms with Crippen molar-refractivity contribution in [3.63, 3.8) is 0 Å². The molecule has 3 atom stereocenters. The zero-order valence-corrected chi connectivity index (χ0v) is 22.1. The fraction of sp³-hybridized carbons (Fsp3) is 0.464. The zero-order chi connectivity index (χ0) is 26.9. The van der Waals surface area contributed by atoms with Crippen molar-refractivity contribution < 1.29 is 24.2 Å². The Bertz CT molecular complexity index is 1020. The lowest BCUT2D eigenvalue weighted by molar-refractivity contribution is -0.145. The second-order valence-corrected chi connectivity index (χ2v) is 9.90. The molecular formula is C28H39N3O5. The SMILES string of the molecule is CCC(C)N(C(=O)C(CO)NC(=O)OC(C)(C)C)C(C(=O)NCc1ccccc1)c1cccc(C)c1. The van der Waals surface area contributed by atoms with Gasteiger partial charge < -0.3 is 25.4 Å². The number of nitrogens with zero attached hydrogens (tertiary/aromatic N) is 1. The predicted octanol–water partition coefficient (Wildman–Crippen LogP) is 3.87. The average Bonchev–Trinajstić information content (AvgIpc) is 2.83. The first kappa shape index (κ1) is 28.8. The van der Waals surface area contributed by atoms with Gasteiger partial charge in [0.15, 0.2) is 0 Å².